The summed E-state index contributed by atoms with van der Waals surface area (Å²) < 4.78 is 0. The third-order valence-electron chi connectivity index (χ3n) is 3.53. The van der Waals surface area contributed by atoms with Gasteiger partial charge in [0.05, 0.1) is 0 Å². The van der Waals surface area contributed by atoms with Crippen LogP contribution in [0.5, 0.6) is 0 Å². The molecule has 0 spiro atoms. The molecule has 0 saturated heterocycles. The standard InChI is InChI=1S/C23H16O/c24-23(17-16-19-10-4-1-5-11-19)22(21-14-8-3-9-15-21)18-20-12-6-2-7-13-20/h1-15,18H/b22-18+. The van der Waals surface area contributed by atoms with Crippen LogP contribution in [0, 0.1) is 11.8 Å². The van der Waals surface area contributed by atoms with Gasteiger partial charge in [-0.15, -0.1) is 0 Å². The Balaban J connectivity index is 1.98. The van der Waals surface area contributed by atoms with Gasteiger partial charge in [0.25, 0.3) is 0 Å². The van der Waals surface area contributed by atoms with Gasteiger partial charge in [-0.05, 0) is 35.3 Å². The first-order chi connectivity index (χ1) is 11.8. The van der Waals surface area contributed by atoms with Gasteiger partial charge in [0.1, 0.15) is 0 Å². The molecule has 0 radical (unpaired) electrons. The normalized spacial score (nSPS) is 10.6. The minimum Gasteiger partial charge on any atom is -0.279 e. The van der Waals surface area contributed by atoms with Crippen molar-refractivity contribution >= 4 is 17.4 Å². The molecule has 0 aromatic heterocycles. The van der Waals surface area contributed by atoms with Crippen molar-refractivity contribution in [3.8, 4) is 11.8 Å². The van der Waals surface area contributed by atoms with Gasteiger partial charge in [-0.25, -0.2) is 0 Å². The average Bonchev–Trinajstić information content (AvgIpc) is 2.66. The number of ketones is 1. The van der Waals surface area contributed by atoms with E-state index >= 15 is 0 Å². The molecule has 1 nitrogen and oxygen atoms in total. The van der Waals surface area contributed by atoms with Crippen LogP contribution < -0.4 is 0 Å². The maximum Gasteiger partial charge on any atom is 0.236 e. The SMILES string of the molecule is O=C(C#Cc1ccccc1)/C(=C/c1ccccc1)c1ccccc1. The summed E-state index contributed by atoms with van der Waals surface area (Å²) in [5.41, 5.74) is 3.28. The largest absolute Gasteiger partial charge is 0.279 e. The van der Waals surface area contributed by atoms with Gasteiger partial charge in [-0.2, -0.15) is 0 Å². The molecule has 0 aliphatic heterocycles. The van der Waals surface area contributed by atoms with Gasteiger partial charge in [-0.3, -0.25) is 4.79 Å². The molecule has 24 heavy (non-hydrogen) atoms. The lowest BCUT2D eigenvalue weighted by atomic mass is 9.99. The summed E-state index contributed by atoms with van der Waals surface area (Å²) >= 11 is 0. The Labute approximate surface area is 142 Å². The Morgan fingerprint density at radius 1 is 0.708 bits per heavy atom. The van der Waals surface area contributed by atoms with Crippen molar-refractivity contribution in [3.05, 3.63) is 108 Å². The van der Waals surface area contributed by atoms with Crippen molar-refractivity contribution < 1.29 is 4.79 Å². The van der Waals surface area contributed by atoms with Gasteiger partial charge in [-0.1, -0.05) is 84.8 Å². The van der Waals surface area contributed by atoms with Gasteiger partial charge < -0.3 is 0 Å². The van der Waals surface area contributed by atoms with Gasteiger partial charge >= 0.3 is 0 Å². The van der Waals surface area contributed by atoms with Gasteiger partial charge in [0.15, 0.2) is 0 Å². The fourth-order valence-electron chi connectivity index (χ4n) is 2.33. The highest BCUT2D eigenvalue weighted by Crippen LogP contribution is 2.19. The van der Waals surface area contributed by atoms with Crippen LogP contribution in [0.2, 0.25) is 0 Å². The molecule has 1 heteroatoms. The van der Waals surface area contributed by atoms with Crippen LogP contribution in [0.3, 0.4) is 0 Å². The van der Waals surface area contributed by atoms with E-state index in [0.717, 1.165) is 16.7 Å². The summed E-state index contributed by atoms with van der Waals surface area (Å²) in [6.45, 7) is 0. The van der Waals surface area contributed by atoms with Gasteiger partial charge in [0, 0.05) is 11.1 Å². The molecule has 0 unspecified atom stereocenters. The number of benzene rings is 3. The van der Waals surface area contributed by atoms with Gasteiger partial charge in [0.2, 0.25) is 5.78 Å². The number of carbonyl (C=O) groups is 1. The summed E-state index contributed by atoms with van der Waals surface area (Å²) in [7, 11) is 0. The summed E-state index contributed by atoms with van der Waals surface area (Å²) in [5.74, 6) is 5.51. The molecule has 0 N–H and O–H groups in total. The minimum atomic E-state index is -0.186. The molecular weight excluding hydrogens is 292 g/mol. The number of Topliss-reactive ketones (excluding diaryl/α,β-unsaturated/α-hetero) is 1. The molecule has 0 atom stereocenters. The van der Waals surface area contributed by atoms with E-state index in [4.69, 9.17) is 0 Å². The lowest BCUT2D eigenvalue weighted by Gasteiger charge is -2.03. The molecular formula is C23H16O. The number of rotatable bonds is 3. The topological polar surface area (TPSA) is 17.1 Å². The maximum absolute atomic E-state index is 12.7. The lowest BCUT2D eigenvalue weighted by Crippen LogP contribution is -1.98. The number of hydrogen-bond acceptors (Lipinski definition) is 1. The van der Waals surface area contributed by atoms with E-state index in [1.807, 2.05) is 97.1 Å². The highest BCUT2D eigenvalue weighted by molar-refractivity contribution is 6.32. The molecule has 0 bridgehead atoms. The van der Waals surface area contributed by atoms with Crippen LogP contribution in [0.25, 0.3) is 11.6 Å². The first-order valence-electron chi connectivity index (χ1n) is 7.76. The van der Waals surface area contributed by atoms with Crippen molar-refractivity contribution in [1.82, 2.24) is 0 Å². The Morgan fingerprint density at radius 3 is 1.88 bits per heavy atom. The van der Waals surface area contributed by atoms with Crippen molar-refractivity contribution in [1.29, 1.82) is 0 Å². The van der Waals surface area contributed by atoms with Crippen LogP contribution in [-0.2, 0) is 4.79 Å². The molecule has 0 aliphatic rings. The smallest absolute Gasteiger partial charge is 0.236 e. The van der Waals surface area contributed by atoms with Crippen LogP contribution in [-0.4, -0.2) is 5.78 Å². The van der Waals surface area contributed by atoms with E-state index in [-0.39, 0.29) is 5.78 Å². The molecule has 0 aliphatic carbocycles. The number of carbonyl (C=O) groups excluding carboxylic acids is 1. The highest BCUT2D eigenvalue weighted by Gasteiger charge is 2.09. The van der Waals surface area contributed by atoms with Crippen molar-refractivity contribution in [2.75, 3.05) is 0 Å². The second-order valence-electron chi connectivity index (χ2n) is 5.28. The molecule has 3 aromatic carbocycles. The predicted molar refractivity (Wildman–Crippen MR) is 99.1 cm³/mol. The van der Waals surface area contributed by atoms with Crippen molar-refractivity contribution in [3.63, 3.8) is 0 Å². The summed E-state index contributed by atoms with van der Waals surface area (Å²) in [6.07, 6.45) is 1.89. The molecule has 0 saturated carbocycles. The van der Waals surface area contributed by atoms with E-state index in [0.29, 0.717) is 5.57 Å². The summed E-state index contributed by atoms with van der Waals surface area (Å²) in [6, 6.07) is 29.0. The number of allylic oxidation sites excluding steroid dienone is 1. The van der Waals surface area contributed by atoms with E-state index in [1.54, 1.807) is 0 Å². The number of hydrogen-bond donors (Lipinski definition) is 0. The molecule has 0 fully saturated rings. The van der Waals surface area contributed by atoms with E-state index in [9.17, 15) is 4.79 Å². The second-order valence-corrected chi connectivity index (χ2v) is 5.28. The fraction of sp³-hybridized carbons (Fsp3) is 0. The molecule has 3 aromatic rings. The first kappa shape index (κ1) is 15.5. The highest BCUT2D eigenvalue weighted by atomic mass is 16.1. The average molecular weight is 308 g/mol. The zero-order valence-corrected chi connectivity index (χ0v) is 13.1. The Bertz CT molecular complexity index is 896. The maximum atomic E-state index is 12.7. The monoisotopic (exact) mass is 308 g/mol. The first-order valence-corrected chi connectivity index (χ1v) is 7.76. The van der Waals surface area contributed by atoms with E-state index in [1.165, 1.54) is 0 Å². The van der Waals surface area contributed by atoms with Crippen molar-refractivity contribution in [2.45, 2.75) is 0 Å². The van der Waals surface area contributed by atoms with Crippen LogP contribution >= 0.6 is 0 Å². The Morgan fingerprint density at radius 2 is 1.25 bits per heavy atom. The molecule has 3 rings (SSSR count). The zero-order valence-electron chi connectivity index (χ0n) is 13.1. The van der Waals surface area contributed by atoms with Crippen molar-refractivity contribution in [2.24, 2.45) is 0 Å². The van der Waals surface area contributed by atoms with Crippen LogP contribution in [0.15, 0.2) is 91.0 Å². The van der Waals surface area contributed by atoms with E-state index in [2.05, 4.69) is 11.8 Å². The molecule has 114 valence electrons. The van der Waals surface area contributed by atoms with E-state index < -0.39 is 0 Å². The molecule has 0 amide bonds. The summed E-state index contributed by atoms with van der Waals surface area (Å²) in [4.78, 5) is 12.7. The van der Waals surface area contributed by atoms with Crippen LogP contribution in [0.1, 0.15) is 16.7 Å². The third-order valence-corrected chi connectivity index (χ3v) is 3.53. The fourth-order valence-corrected chi connectivity index (χ4v) is 2.33. The summed E-state index contributed by atoms with van der Waals surface area (Å²) in [5, 5.41) is 0. The quantitative estimate of drug-likeness (QED) is 0.384. The van der Waals surface area contributed by atoms with Crippen LogP contribution in [0.4, 0.5) is 0 Å². The Kier molecular flexibility index (Phi) is 5.02. The Hall–Kier alpha value is -3.37. The molecule has 0 heterocycles. The second kappa shape index (κ2) is 7.76. The minimum absolute atomic E-state index is 0.186. The third kappa shape index (κ3) is 4.09. The lowest BCUT2D eigenvalue weighted by molar-refractivity contribution is -0.108. The zero-order chi connectivity index (χ0) is 16.6. The predicted octanol–water partition coefficient (Wildman–Crippen LogP) is 4.85.